The van der Waals surface area contributed by atoms with Crippen molar-refractivity contribution in [1.82, 2.24) is 0 Å². The van der Waals surface area contributed by atoms with Crippen LogP contribution >= 0.6 is 0 Å². The van der Waals surface area contributed by atoms with Crippen LogP contribution in [0.4, 0.5) is 10.1 Å². The van der Waals surface area contributed by atoms with Crippen molar-refractivity contribution >= 4 is 11.6 Å². The first-order valence-electron chi connectivity index (χ1n) is 5.89. The van der Waals surface area contributed by atoms with E-state index in [-0.39, 0.29) is 11.7 Å². The summed E-state index contributed by atoms with van der Waals surface area (Å²) in [5.74, 6) is -0.0724. The normalized spacial score (nSPS) is 10.1. The number of unbranched alkanes of at least 4 members (excludes halogenated alkanes) is 1. The van der Waals surface area contributed by atoms with Gasteiger partial charge in [-0.15, -0.1) is 0 Å². The largest absolute Gasteiger partial charge is 0.492 e. The lowest BCUT2D eigenvalue weighted by Crippen LogP contribution is -2.12. The van der Waals surface area contributed by atoms with Crippen LogP contribution in [0.3, 0.4) is 0 Å². The number of benzene rings is 1. The molecule has 4 heteroatoms. The second kappa shape index (κ2) is 6.89. The van der Waals surface area contributed by atoms with E-state index in [4.69, 9.17) is 4.74 Å². The second-order valence-electron chi connectivity index (χ2n) is 3.73. The second-order valence-corrected chi connectivity index (χ2v) is 3.73. The number of ether oxygens (including phenoxy) is 1. The van der Waals surface area contributed by atoms with Gasteiger partial charge in [0.1, 0.15) is 11.6 Å². The Labute approximate surface area is 101 Å². The number of carbonyl (C=O) groups is 1. The summed E-state index contributed by atoms with van der Waals surface area (Å²) in [4.78, 5) is 11.6. The van der Waals surface area contributed by atoms with Crippen LogP contribution in [-0.2, 0) is 4.79 Å². The summed E-state index contributed by atoms with van der Waals surface area (Å²) in [6, 6.07) is 4.10. The van der Waals surface area contributed by atoms with Crippen molar-refractivity contribution in [2.75, 3.05) is 11.9 Å². The maximum atomic E-state index is 13.0. The lowest BCUT2D eigenvalue weighted by atomic mass is 10.2. The fourth-order valence-electron chi connectivity index (χ4n) is 1.42. The van der Waals surface area contributed by atoms with Gasteiger partial charge in [0.15, 0.2) is 0 Å². The van der Waals surface area contributed by atoms with Gasteiger partial charge in [0.05, 0.1) is 12.3 Å². The summed E-state index contributed by atoms with van der Waals surface area (Å²) < 4.78 is 18.3. The fourth-order valence-corrected chi connectivity index (χ4v) is 1.42. The van der Waals surface area contributed by atoms with Gasteiger partial charge in [-0.25, -0.2) is 4.39 Å². The Morgan fingerprint density at radius 3 is 2.82 bits per heavy atom. The molecule has 0 saturated heterocycles. The molecule has 1 aromatic carbocycles. The molecule has 1 amide bonds. The minimum atomic E-state index is -0.375. The highest BCUT2D eigenvalue weighted by atomic mass is 19.1. The van der Waals surface area contributed by atoms with Crippen LogP contribution in [0.1, 0.15) is 33.1 Å². The topological polar surface area (TPSA) is 38.3 Å². The summed E-state index contributed by atoms with van der Waals surface area (Å²) in [6.07, 6.45) is 2.28. The Morgan fingerprint density at radius 1 is 1.41 bits per heavy atom. The summed E-state index contributed by atoms with van der Waals surface area (Å²) in [6.45, 7) is 4.27. The highest BCUT2D eigenvalue weighted by molar-refractivity contribution is 5.92. The van der Waals surface area contributed by atoms with E-state index in [1.54, 1.807) is 0 Å². The molecule has 0 saturated carbocycles. The molecule has 0 radical (unpaired) electrons. The van der Waals surface area contributed by atoms with E-state index in [1.807, 2.05) is 13.8 Å². The zero-order valence-electron chi connectivity index (χ0n) is 10.3. The maximum absolute atomic E-state index is 13.0. The molecule has 0 heterocycles. The van der Waals surface area contributed by atoms with Crippen LogP contribution in [-0.4, -0.2) is 12.5 Å². The molecule has 0 aliphatic heterocycles. The third-order valence-corrected chi connectivity index (χ3v) is 2.27. The monoisotopic (exact) mass is 239 g/mol. The third-order valence-electron chi connectivity index (χ3n) is 2.27. The minimum Gasteiger partial charge on any atom is -0.492 e. The summed E-state index contributed by atoms with van der Waals surface area (Å²) >= 11 is 0. The van der Waals surface area contributed by atoms with Crippen molar-refractivity contribution in [3.8, 4) is 5.75 Å². The van der Waals surface area contributed by atoms with Crippen molar-refractivity contribution in [2.45, 2.75) is 33.1 Å². The molecule has 1 aromatic rings. The molecule has 0 aliphatic carbocycles. The molecule has 0 atom stereocenters. The number of hydrogen-bond acceptors (Lipinski definition) is 2. The molecular weight excluding hydrogens is 221 g/mol. The zero-order valence-corrected chi connectivity index (χ0v) is 10.3. The van der Waals surface area contributed by atoms with Gasteiger partial charge in [0.2, 0.25) is 5.91 Å². The Balaban J connectivity index is 2.72. The van der Waals surface area contributed by atoms with Gasteiger partial charge in [0.25, 0.3) is 0 Å². The van der Waals surface area contributed by atoms with E-state index in [0.717, 1.165) is 12.8 Å². The highest BCUT2D eigenvalue weighted by Crippen LogP contribution is 2.25. The van der Waals surface area contributed by atoms with Crippen molar-refractivity contribution in [1.29, 1.82) is 0 Å². The summed E-state index contributed by atoms with van der Waals surface area (Å²) in [7, 11) is 0. The molecule has 3 nitrogen and oxygen atoms in total. The number of halogens is 1. The quantitative estimate of drug-likeness (QED) is 0.826. The van der Waals surface area contributed by atoms with E-state index in [0.29, 0.717) is 24.5 Å². The first kappa shape index (κ1) is 13.5. The minimum absolute atomic E-state index is 0.0700. The molecule has 0 spiro atoms. The molecule has 0 aromatic heterocycles. The van der Waals surface area contributed by atoms with Gasteiger partial charge >= 0.3 is 0 Å². The highest BCUT2D eigenvalue weighted by Gasteiger charge is 2.08. The molecule has 1 N–H and O–H groups in total. The van der Waals surface area contributed by atoms with Crippen LogP contribution in [0.15, 0.2) is 18.2 Å². The van der Waals surface area contributed by atoms with E-state index < -0.39 is 0 Å². The first-order valence-corrected chi connectivity index (χ1v) is 5.89. The maximum Gasteiger partial charge on any atom is 0.224 e. The van der Waals surface area contributed by atoms with Gasteiger partial charge in [-0.2, -0.15) is 0 Å². The summed E-state index contributed by atoms with van der Waals surface area (Å²) in [5, 5.41) is 2.73. The number of rotatable bonds is 6. The molecule has 94 valence electrons. The van der Waals surface area contributed by atoms with Crippen molar-refractivity contribution in [3.63, 3.8) is 0 Å². The lowest BCUT2D eigenvalue weighted by molar-refractivity contribution is -0.116. The van der Waals surface area contributed by atoms with Gasteiger partial charge in [-0.3, -0.25) is 4.79 Å². The van der Waals surface area contributed by atoms with E-state index in [2.05, 4.69) is 5.32 Å². The standard InChI is InChI=1S/C13H18FNO2/c1-3-5-6-13(16)15-11-8-7-10(14)9-12(11)17-4-2/h7-9H,3-6H2,1-2H3,(H,15,16). The molecule has 0 fully saturated rings. The van der Waals surface area contributed by atoms with Crippen molar-refractivity contribution in [3.05, 3.63) is 24.0 Å². The molecule has 17 heavy (non-hydrogen) atoms. The van der Waals surface area contributed by atoms with Gasteiger partial charge in [-0.1, -0.05) is 13.3 Å². The average Bonchev–Trinajstić information content (AvgIpc) is 2.30. The Morgan fingerprint density at radius 2 is 2.18 bits per heavy atom. The van der Waals surface area contributed by atoms with Crippen LogP contribution in [0, 0.1) is 5.82 Å². The predicted molar refractivity (Wildman–Crippen MR) is 65.7 cm³/mol. The van der Waals surface area contributed by atoms with Gasteiger partial charge in [-0.05, 0) is 25.5 Å². The van der Waals surface area contributed by atoms with E-state index in [9.17, 15) is 9.18 Å². The van der Waals surface area contributed by atoms with Crippen LogP contribution < -0.4 is 10.1 Å². The third kappa shape index (κ3) is 4.43. The molecule has 0 bridgehead atoms. The number of anilines is 1. The predicted octanol–water partition coefficient (Wildman–Crippen LogP) is 3.35. The van der Waals surface area contributed by atoms with E-state index >= 15 is 0 Å². The SMILES string of the molecule is CCCCC(=O)Nc1ccc(F)cc1OCC. The number of hydrogen-bond donors (Lipinski definition) is 1. The molecule has 0 unspecified atom stereocenters. The number of nitrogens with one attached hydrogen (secondary N) is 1. The zero-order chi connectivity index (χ0) is 12.7. The first-order chi connectivity index (χ1) is 8.17. The number of carbonyl (C=O) groups excluding carboxylic acids is 1. The average molecular weight is 239 g/mol. The summed E-state index contributed by atoms with van der Waals surface area (Å²) in [5.41, 5.74) is 0.523. The Kier molecular flexibility index (Phi) is 5.46. The van der Waals surface area contributed by atoms with Crippen molar-refractivity contribution < 1.29 is 13.9 Å². The Hall–Kier alpha value is -1.58. The molecule has 1 rings (SSSR count). The van der Waals surface area contributed by atoms with Crippen LogP contribution in [0.2, 0.25) is 0 Å². The molecular formula is C13H18FNO2. The number of amides is 1. The van der Waals surface area contributed by atoms with Gasteiger partial charge in [0, 0.05) is 12.5 Å². The van der Waals surface area contributed by atoms with Crippen LogP contribution in [0.25, 0.3) is 0 Å². The van der Waals surface area contributed by atoms with Crippen LogP contribution in [0.5, 0.6) is 5.75 Å². The Bertz CT molecular complexity index is 380. The van der Waals surface area contributed by atoms with Gasteiger partial charge < -0.3 is 10.1 Å². The smallest absolute Gasteiger partial charge is 0.224 e. The van der Waals surface area contributed by atoms with E-state index in [1.165, 1.54) is 18.2 Å². The fraction of sp³-hybridized carbons (Fsp3) is 0.462. The molecule has 0 aliphatic rings. The lowest BCUT2D eigenvalue weighted by Gasteiger charge is -2.11. The van der Waals surface area contributed by atoms with Crippen molar-refractivity contribution in [2.24, 2.45) is 0 Å².